The van der Waals surface area contributed by atoms with Crippen molar-refractivity contribution in [2.45, 2.75) is 46.3 Å². The predicted molar refractivity (Wildman–Crippen MR) is 138 cm³/mol. The number of non-ortho nitro benzene ring substituents is 1. The molecular weight excluding hydrogens is 444 g/mol. The number of benzene rings is 3. The Balaban J connectivity index is 1.89. The molecule has 182 valence electrons. The van der Waals surface area contributed by atoms with Gasteiger partial charge in [0.05, 0.1) is 4.92 Å². The van der Waals surface area contributed by atoms with Crippen LogP contribution in [-0.4, -0.2) is 33.7 Å². The summed E-state index contributed by atoms with van der Waals surface area (Å²) in [7, 11) is 0. The lowest BCUT2D eigenvalue weighted by molar-refractivity contribution is -0.384. The molecule has 35 heavy (non-hydrogen) atoms. The maximum Gasteiger partial charge on any atom is 0.269 e. The van der Waals surface area contributed by atoms with Crippen LogP contribution in [0, 0.1) is 10.1 Å². The van der Waals surface area contributed by atoms with Gasteiger partial charge < -0.3 is 10.6 Å². The molecule has 0 radical (unpaired) electrons. The van der Waals surface area contributed by atoms with Crippen molar-refractivity contribution in [3.63, 3.8) is 0 Å². The fourth-order valence-electron chi connectivity index (χ4n) is 3.83. The van der Waals surface area contributed by atoms with Crippen LogP contribution < -0.4 is 10.6 Å². The third kappa shape index (κ3) is 6.97. The number of nitro benzene ring substituents is 1. The number of nitro groups is 1. The summed E-state index contributed by atoms with van der Waals surface area (Å²) in [6.07, 6.45) is 0. The average molecular weight is 475 g/mol. The highest BCUT2D eigenvalue weighted by Gasteiger charge is 2.16. The smallest absolute Gasteiger partial charge is 0.269 e. The van der Waals surface area contributed by atoms with E-state index in [0.717, 1.165) is 5.56 Å². The predicted octanol–water partition coefficient (Wildman–Crippen LogP) is 5.72. The molecule has 0 unspecified atom stereocenters. The van der Waals surface area contributed by atoms with Crippen LogP contribution in [-0.2, 0) is 6.54 Å². The average Bonchev–Trinajstić information content (AvgIpc) is 2.82. The number of nitrogens with zero attached hydrogens (tertiary/aromatic N) is 2. The molecular formula is C27H30N4O4. The molecule has 3 rings (SSSR count). The Kier molecular flexibility index (Phi) is 8.33. The van der Waals surface area contributed by atoms with Crippen molar-refractivity contribution in [1.82, 2.24) is 4.90 Å². The molecule has 0 saturated carbocycles. The minimum absolute atomic E-state index is 0.0862. The van der Waals surface area contributed by atoms with Gasteiger partial charge in [0.1, 0.15) is 0 Å². The second kappa shape index (κ2) is 11.4. The van der Waals surface area contributed by atoms with E-state index < -0.39 is 10.8 Å². The van der Waals surface area contributed by atoms with Gasteiger partial charge in [0, 0.05) is 53.3 Å². The van der Waals surface area contributed by atoms with Gasteiger partial charge in [-0.15, -0.1) is 0 Å². The Bertz CT molecular complexity index is 1180. The van der Waals surface area contributed by atoms with Crippen LogP contribution in [0.15, 0.2) is 72.8 Å². The van der Waals surface area contributed by atoms with Gasteiger partial charge in [0.2, 0.25) is 0 Å². The summed E-state index contributed by atoms with van der Waals surface area (Å²) in [4.78, 5) is 38.2. The maximum absolute atomic E-state index is 12.8. The number of amides is 2. The monoisotopic (exact) mass is 474 g/mol. The molecule has 0 aliphatic carbocycles. The number of carbonyl (C=O) groups excluding carboxylic acids is 2. The van der Waals surface area contributed by atoms with E-state index in [-0.39, 0.29) is 11.6 Å². The number of hydrogen-bond donors (Lipinski definition) is 2. The Morgan fingerprint density at radius 3 is 1.74 bits per heavy atom. The van der Waals surface area contributed by atoms with Crippen molar-refractivity contribution in [3.05, 3.63) is 99.6 Å². The van der Waals surface area contributed by atoms with Crippen molar-refractivity contribution in [3.8, 4) is 0 Å². The summed E-state index contributed by atoms with van der Waals surface area (Å²) in [6, 6.07) is 20.4. The van der Waals surface area contributed by atoms with Gasteiger partial charge in [-0.25, -0.2) is 0 Å². The summed E-state index contributed by atoms with van der Waals surface area (Å²) in [6.45, 7) is 9.12. The Morgan fingerprint density at radius 2 is 1.29 bits per heavy atom. The first kappa shape index (κ1) is 25.6. The molecule has 0 aliphatic rings. The van der Waals surface area contributed by atoms with Crippen LogP contribution in [0.1, 0.15) is 54.0 Å². The molecule has 3 aromatic rings. The third-order valence-electron chi connectivity index (χ3n) is 5.58. The first-order valence-electron chi connectivity index (χ1n) is 11.5. The van der Waals surface area contributed by atoms with Gasteiger partial charge in [0.15, 0.2) is 0 Å². The fourth-order valence-corrected chi connectivity index (χ4v) is 3.83. The van der Waals surface area contributed by atoms with Crippen molar-refractivity contribution < 1.29 is 14.5 Å². The number of anilines is 2. The minimum atomic E-state index is -0.512. The molecule has 2 amide bonds. The largest absolute Gasteiger partial charge is 0.322 e. The molecule has 3 aromatic carbocycles. The molecule has 0 aromatic heterocycles. The van der Waals surface area contributed by atoms with Gasteiger partial charge in [-0.05, 0) is 75.7 Å². The molecule has 8 heteroatoms. The van der Waals surface area contributed by atoms with E-state index in [1.54, 1.807) is 30.3 Å². The molecule has 0 heterocycles. The van der Waals surface area contributed by atoms with E-state index in [0.29, 0.717) is 41.1 Å². The molecule has 0 bridgehead atoms. The van der Waals surface area contributed by atoms with Crippen LogP contribution in [0.4, 0.5) is 17.1 Å². The highest BCUT2D eigenvalue weighted by molar-refractivity contribution is 6.06. The minimum Gasteiger partial charge on any atom is -0.322 e. The third-order valence-corrected chi connectivity index (χ3v) is 5.58. The number of nitrogens with one attached hydrogen (secondary N) is 2. The van der Waals surface area contributed by atoms with Gasteiger partial charge in [-0.2, -0.15) is 0 Å². The lowest BCUT2D eigenvalue weighted by Crippen LogP contribution is -2.36. The van der Waals surface area contributed by atoms with Crippen LogP contribution >= 0.6 is 0 Å². The first-order chi connectivity index (χ1) is 16.6. The number of hydrogen-bond acceptors (Lipinski definition) is 5. The van der Waals surface area contributed by atoms with Crippen molar-refractivity contribution in [2.24, 2.45) is 0 Å². The summed E-state index contributed by atoms with van der Waals surface area (Å²) < 4.78 is 0. The lowest BCUT2D eigenvalue weighted by atomic mass is 10.1. The standard InChI is InChI=1S/C27H30N4O4/c1-18(2)30(19(3)4)17-20-14-23(28-26(32)21-8-6-5-7-9-21)16-24(15-20)29-27(33)22-10-12-25(13-11-22)31(34)35/h5-16,18-19H,17H2,1-4H3,(H,28,32)(H,29,33). The quantitative estimate of drug-likeness (QED) is 0.305. The van der Waals surface area contributed by atoms with Gasteiger partial charge >= 0.3 is 0 Å². The van der Waals surface area contributed by atoms with Crippen molar-refractivity contribution in [2.75, 3.05) is 10.6 Å². The van der Waals surface area contributed by atoms with Crippen molar-refractivity contribution >= 4 is 28.9 Å². The Hall–Kier alpha value is -4.04. The Labute approximate surface area is 205 Å². The topological polar surface area (TPSA) is 105 Å². The summed E-state index contributed by atoms with van der Waals surface area (Å²) in [5.41, 5.74) is 2.74. The first-order valence-corrected chi connectivity index (χ1v) is 11.5. The SMILES string of the molecule is CC(C)N(Cc1cc(NC(=O)c2ccccc2)cc(NC(=O)c2ccc([N+](=O)[O-])cc2)c1)C(C)C. The van der Waals surface area contributed by atoms with Crippen LogP contribution in [0.2, 0.25) is 0 Å². The van der Waals surface area contributed by atoms with Crippen LogP contribution in [0.5, 0.6) is 0 Å². The Morgan fingerprint density at radius 1 is 0.800 bits per heavy atom. The second-order valence-corrected chi connectivity index (χ2v) is 8.86. The fraction of sp³-hybridized carbons (Fsp3) is 0.259. The zero-order chi connectivity index (χ0) is 25.5. The van der Waals surface area contributed by atoms with Gasteiger partial charge in [-0.3, -0.25) is 24.6 Å². The summed E-state index contributed by atoms with van der Waals surface area (Å²) in [5, 5.41) is 16.7. The van der Waals surface area contributed by atoms with Gasteiger partial charge in [-0.1, -0.05) is 18.2 Å². The number of carbonyl (C=O) groups is 2. The van der Waals surface area contributed by atoms with E-state index in [9.17, 15) is 19.7 Å². The molecule has 0 atom stereocenters. The molecule has 0 aliphatic heterocycles. The molecule has 8 nitrogen and oxygen atoms in total. The van der Waals surface area contributed by atoms with E-state index >= 15 is 0 Å². The summed E-state index contributed by atoms with van der Waals surface area (Å²) in [5.74, 6) is -0.651. The highest BCUT2D eigenvalue weighted by atomic mass is 16.6. The van der Waals surface area contributed by atoms with E-state index in [4.69, 9.17) is 0 Å². The number of rotatable bonds is 9. The summed E-state index contributed by atoms with van der Waals surface area (Å²) >= 11 is 0. The molecule has 0 saturated heterocycles. The van der Waals surface area contributed by atoms with Gasteiger partial charge in [0.25, 0.3) is 17.5 Å². The second-order valence-electron chi connectivity index (χ2n) is 8.86. The van der Waals surface area contributed by atoms with Crippen LogP contribution in [0.25, 0.3) is 0 Å². The molecule has 0 spiro atoms. The van der Waals surface area contributed by atoms with Crippen LogP contribution in [0.3, 0.4) is 0 Å². The molecule has 0 fully saturated rings. The maximum atomic E-state index is 12.8. The zero-order valence-corrected chi connectivity index (χ0v) is 20.3. The highest BCUT2D eigenvalue weighted by Crippen LogP contribution is 2.24. The zero-order valence-electron chi connectivity index (χ0n) is 20.3. The van der Waals surface area contributed by atoms with E-state index in [2.05, 4.69) is 43.2 Å². The van der Waals surface area contributed by atoms with E-state index in [1.807, 2.05) is 18.2 Å². The van der Waals surface area contributed by atoms with E-state index in [1.165, 1.54) is 24.3 Å². The lowest BCUT2D eigenvalue weighted by Gasteiger charge is -2.30. The normalized spacial score (nSPS) is 11.1. The van der Waals surface area contributed by atoms with Crippen molar-refractivity contribution in [1.29, 1.82) is 0 Å². The molecule has 2 N–H and O–H groups in total.